The van der Waals surface area contributed by atoms with Gasteiger partial charge in [-0.3, -0.25) is 0 Å². The molecule has 0 aliphatic carbocycles. The molecule has 2 heteroatoms. The summed E-state index contributed by atoms with van der Waals surface area (Å²) in [5, 5.41) is 0.131. The van der Waals surface area contributed by atoms with Gasteiger partial charge >= 0.3 is 0 Å². The Morgan fingerprint density at radius 3 is 1.65 bits per heavy atom. The molecule has 0 spiro atoms. The zero-order chi connectivity index (χ0) is 12.5. The number of hydrogen-bond acceptors (Lipinski definition) is 0. The summed E-state index contributed by atoms with van der Waals surface area (Å²) >= 11 is 11.3. The Morgan fingerprint density at radius 1 is 0.882 bits per heavy atom. The highest BCUT2D eigenvalue weighted by atomic mass is 35.5. The van der Waals surface area contributed by atoms with Crippen molar-refractivity contribution in [2.45, 2.75) is 18.2 Å². The van der Waals surface area contributed by atoms with Gasteiger partial charge in [0.15, 0.2) is 0 Å². The fourth-order valence-corrected chi connectivity index (χ4v) is 1.61. The summed E-state index contributed by atoms with van der Waals surface area (Å²) in [6.45, 7) is 1.97. The first-order chi connectivity index (χ1) is 8.24. The lowest BCUT2D eigenvalue weighted by Gasteiger charge is -1.99. The van der Waals surface area contributed by atoms with Gasteiger partial charge in [-0.2, -0.15) is 0 Å². The summed E-state index contributed by atoms with van der Waals surface area (Å²) in [7, 11) is 0. The number of halogens is 2. The molecule has 0 amide bonds. The van der Waals surface area contributed by atoms with Crippen LogP contribution < -0.4 is 0 Å². The molecule has 0 aliphatic rings. The summed E-state index contributed by atoms with van der Waals surface area (Å²) in [5.41, 5.74) is 2.35. The Balaban J connectivity index is 0.000000171. The van der Waals surface area contributed by atoms with Gasteiger partial charge in [-0.15, -0.1) is 23.2 Å². The lowest BCUT2D eigenvalue weighted by molar-refractivity contribution is 1.08. The highest BCUT2D eigenvalue weighted by Gasteiger charge is 1.95. The van der Waals surface area contributed by atoms with Crippen LogP contribution in [-0.4, -0.2) is 0 Å². The molecule has 17 heavy (non-hydrogen) atoms. The zero-order valence-electron chi connectivity index (χ0n) is 9.81. The summed E-state index contributed by atoms with van der Waals surface area (Å²) in [6.07, 6.45) is 0. The quantitative estimate of drug-likeness (QED) is 0.638. The van der Waals surface area contributed by atoms with Crippen molar-refractivity contribution in [2.75, 3.05) is 0 Å². The molecule has 0 saturated heterocycles. The van der Waals surface area contributed by atoms with Gasteiger partial charge < -0.3 is 0 Å². The second-order valence-corrected chi connectivity index (χ2v) is 4.57. The Kier molecular flexibility index (Phi) is 6.76. The first-order valence-corrected chi connectivity index (χ1v) is 6.50. The van der Waals surface area contributed by atoms with E-state index in [0.717, 1.165) is 0 Å². The average Bonchev–Trinajstić information content (AvgIpc) is 2.41. The van der Waals surface area contributed by atoms with Gasteiger partial charge in [0.25, 0.3) is 0 Å². The number of alkyl halides is 2. The molecule has 0 nitrogen and oxygen atoms in total. The molecular formula is C15H16Cl2. The molecule has 0 aliphatic heterocycles. The van der Waals surface area contributed by atoms with Gasteiger partial charge in [0.2, 0.25) is 0 Å². The third-order valence-corrected chi connectivity index (χ3v) is 2.82. The lowest BCUT2D eigenvalue weighted by atomic mass is 10.2. The van der Waals surface area contributed by atoms with E-state index in [1.807, 2.05) is 67.6 Å². The smallest absolute Gasteiger partial charge is 0.0557 e. The number of rotatable bonds is 2. The van der Waals surface area contributed by atoms with Crippen molar-refractivity contribution < 1.29 is 0 Å². The van der Waals surface area contributed by atoms with Crippen LogP contribution in [0.3, 0.4) is 0 Å². The Morgan fingerprint density at radius 2 is 1.35 bits per heavy atom. The largest absolute Gasteiger partial charge is 0.122 e. The van der Waals surface area contributed by atoms with E-state index < -0.39 is 0 Å². The maximum Gasteiger partial charge on any atom is 0.0557 e. The Bertz CT molecular complexity index is 396. The van der Waals surface area contributed by atoms with Gasteiger partial charge in [0.05, 0.1) is 5.38 Å². The third kappa shape index (κ3) is 5.76. The van der Waals surface area contributed by atoms with Crippen LogP contribution in [0.15, 0.2) is 60.7 Å². The van der Waals surface area contributed by atoms with Gasteiger partial charge in [-0.1, -0.05) is 60.7 Å². The van der Waals surface area contributed by atoms with Gasteiger partial charge in [-0.05, 0) is 18.1 Å². The zero-order valence-corrected chi connectivity index (χ0v) is 11.3. The van der Waals surface area contributed by atoms with E-state index in [4.69, 9.17) is 23.2 Å². The fourth-order valence-electron chi connectivity index (χ4n) is 1.29. The maximum atomic E-state index is 5.80. The van der Waals surface area contributed by atoms with Crippen LogP contribution in [0.5, 0.6) is 0 Å². The van der Waals surface area contributed by atoms with Crippen LogP contribution in [-0.2, 0) is 5.88 Å². The second-order valence-electron chi connectivity index (χ2n) is 3.65. The molecule has 2 aromatic rings. The van der Waals surface area contributed by atoms with Gasteiger partial charge in [0.1, 0.15) is 0 Å². The summed E-state index contributed by atoms with van der Waals surface area (Å²) in [5.74, 6) is 0.612. The van der Waals surface area contributed by atoms with Gasteiger partial charge in [-0.25, -0.2) is 0 Å². The molecule has 90 valence electrons. The van der Waals surface area contributed by atoms with Crippen LogP contribution in [0.2, 0.25) is 0 Å². The maximum absolute atomic E-state index is 5.80. The molecule has 1 atom stereocenters. The normalized spacial score (nSPS) is 11.2. The number of hydrogen-bond donors (Lipinski definition) is 0. The minimum Gasteiger partial charge on any atom is -0.122 e. The van der Waals surface area contributed by atoms with Gasteiger partial charge in [0, 0.05) is 5.88 Å². The van der Waals surface area contributed by atoms with Crippen molar-refractivity contribution in [2.24, 2.45) is 0 Å². The molecule has 2 rings (SSSR count). The first kappa shape index (κ1) is 14.1. The van der Waals surface area contributed by atoms with E-state index in [0.29, 0.717) is 5.88 Å². The molecule has 0 heterocycles. The summed E-state index contributed by atoms with van der Waals surface area (Å²) in [4.78, 5) is 0. The topological polar surface area (TPSA) is 0 Å². The Hall–Kier alpha value is -0.980. The number of benzene rings is 2. The predicted molar refractivity (Wildman–Crippen MR) is 76.7 cm³/mol. The standard InChI is InChI=1S/C8H9Cl.C7H7Cl/c1-7(9)8-5-3-2-4-6-8;8-6-7-4-2-1-3-5-7/h2-7H,1H3;1-5H,6H2. The minimum absolute atomic E-state index is 0.131. The van der Waals surface area contributed by atoms with Crippen molar-refractivity contribution in [1.29, 1.82) is 0 Å². The van der Waals surface area contributed by atoms with E-state index in [1.165, 1.54) is 11.1 Å². The highest BCUT2D eigenvalue weighted by Crippen LogP contribution is 2.17. The van der Waals surface area contributed by atoms with Crippen molar-refractivity contribution in [1.82, 2.24) is 0 Å². The van der Waals surface area contributed by atoms with Crippen LogP contribution >= 0.6 is 23.2 Å². The molecular weight excluding hydrogens is 251 g/mol. The predicted octanol–water partition coefficient (Wildman–Crippen LogP) is 5.41. The second kappa shape index (κ2) is 8.16. The van der Waals surface area contributed by atoms with Crippen LogP contribution in [0.1, 0.15) is 23.4 Å². The van der Waals surface area contributed by atoms with E-state index >= 15 is 0 Å². The van der Waals surface area contributed by atoms with Crippen molar-refractivity contribution in [3.05, 3.63) is 71.8 Å². The molecule has 0 saturated carbocycles. The van der Waals surface area contributed by atoms with Crippen molar-refractivity contribution in [3.63, 3.8) is 0 Å². The molecule has 0 bridgehead atoms. The SMILES string of the molecule is CC(Cl)c1ccccc1.ClCc1ccccc1. The van der Waals surface area contributed by atoms with Crippen molar-refractivity contribution >= 4 is 23.2 Å². The van der Waals surface area contributed by atoms with Crippen molar-refractivity contribution in [3.8, 4) is 0 Å². The average molecular weight is 267 g/mol. The molecule has 0 aromatic heterocycles. The van der Waals surface area contributed by atoms with Crippen LogP contribution in [0.4, 0.5) is 0 Å². The molecule has 0 N–H and O–H groups in total. The summed E-state index contributed by atoms with van der Waals surface area (Å²) in [6, 6.07) is 20.0. The highest BCUT2D eigenvalue weighted by molar-refractivity contribution is 6.20. The van der Waals surface area contributed by atoms with Crippen LogP contribution in [0.25, 0.3) is 0 Å². The first-order valence-electron chi connectivity index (χ1n) is 5.53. The minimum atomic E-state index is 0.131. The fraction of sp³-hybridized carbons (Fsp3) is 0.200. The monoisotopic (exact) mass is 266 g/mol. The van der Waals surface area contributed by atoms with E-state index in [2.05, 4.69) is 0 Å². The lowest BCUT2D eigenvalue weighted by Crippen LogP contribution is -1.80. The third-order valence-electron chi connectivity index (χ3n) is 2.26. The Labute approximate surface area is 113 Å². The molecule has 1 unspecified atom stereocenters. The molecule has 0 fully saturated rings. The molecule has 0 radical (unpaired) electrons. The molecule has 2 aromatic carbocycles. The van der Waals surface area contributed by atoms with E-state index in [9.17, 15) is 0 Å². The van der Waals surface area contributed by atoms with Crippen LogP contribution in [0, 0.1) is 0 Å². The summed E-state index contributed by atoms with van der Waals surface area (Å²) < 4.78 is 0. The van der Waals surface area contributed by atoms with E-state index in [1.54, 1.807) is 0 Å². The van der Waals surface area contributed by atoms with E-state index in [-0.39, 0.29) is 5.38 Å².